The molecule has 0 N–H and O–H groups in total. The van der Waals surface area contributed by atoms with Gasteiger partial charge in [-0.3, -0.25) is 4.99 Å². The Morgan fingerprint density at radius 3 is 2.64 bits per heavy atom. The maximum Gasteiger partial charge on any atom is 0.170 e. The van der Waals surface area contributed by atoms with Crippen molar-refractivity contribution in [2.24, 2.45) is 4.99 Å². The van der Waals surface area contributed by atoms with E-state index in [-0.39, 0.29) is 0 Å². The van der Waals surface area contributed by atoms with Gasteiger partial charge in [-0.05, 0) is 54.2 Å². The van der Waals surface area contributed by atoms with Gasteiger partial charge in [-0.2, -0.15) is 0 Å². The number of rotatable bonds is 3. The Morgan fingerprint density at radius 2 is 1.88 bits per heavy atom. The summed E-state index contributed by atoms with van der Waals surface area (Å²) < 4.78 is 0.788. The first-order valence-electron chi connectivity index (χ1n) is 7.62. The van der Waals surface area contributed by atoms with E-state index in [1.807, 2.05) is 42.6 Å². The van der Waals surface area contributed by atoms with Gasteiger partial charge in [-0.1, -0.05) is 29.3 Å². The van der Waals surface area contributed by atoms with Gasteiger partial charge >= 0.3 is 0 Å². The summed E-state index contributed by atoms with van der Waals surface area (Å²) in [7, 11) is 0. The average Bonchev–Trinajstić information content (AvgIpc) is 3.05. The van der Waals surface area contributed by atoms with Gasteiger partial charge in [0.1, 0.15) is 5.03 Å². The molecule has 1 aliphatic rings. The third-order valence-electron chi connectivity index (χ3n) is 3.73. The fourth-order valence-corrected chi connectivity index (χ4v) is 4.69. The Kier molecular flexibility index (Phi) is 4.99. The van der Waals surface area contributed by atoms with Crippen LogP contribution >= 0.6 is 46.3 Å². The molecule has 0 unspecified atom stereocenters. The number of fused-ring (bicyclic) bond motifs is 1. The normalized spacial score (nSPS) is 13.3. The average molecular weight is 406 g/mol. The molecule has 0 bridgehead atoms. The first-order valence-corrected chi connectivity index (χ1v) is 10.0. The quantitative estimate of drug-likeness (QED) is 0.525. The van der Waals surface area contributed by atoms with Crippen molar-refractivity contribution in [3.8, 4) is 0 Å². The van der Waals surface area contributed by atoms with E-state index in [4.69, 9.17) is 28.2 Å². The van der Waals surface area contributed by atoms with E-state index in [2.05, 4.69) is 22.0 Å². The zero-order chi connectivity index (χ0) is 17.2. The van der Waals surface area contributed by atoms with Crippen molar-refractivity contribution in [3.05, 3.63) is 74.5 Å². The number of aliphatic imine (C=N–C) groups is 1. The standard InChI is InChI=1S/C18H13Cl2N3S2/c19-13-3-5-14(6-4-13)23(11-15-7-8-16(20)24-15)18-22-10-12-2-1-9-21-17(12)25-18/h1-9H,10-11H2. The predicted molar refractivity (Wildman–Crippen MR) is 108 cm³/mol. The fraction of sp³-hybridized carbons (Fsp3) is 0.111. The zero-order valence-corrected chi connectivity index (χ0v) is 16.2. The number of benzene rings is 1. The van der Waals surface area contributed by atoms with Gasteiger partial charge in [0.2, 0.25) is 0 Å². The minimum atomic E-state index is 0.640. The van der Waals surface area contributed by atoms with Crippen molar-refractivity contribution >= 4 is 57.2 Å². The molecule has 1 aromatic carbocycles. The van der Waals surface area contributed by atoms with Crippen molar-refractivity contribution in [3.63, 3.8) is 0 Å². The monoisotopic (exact) mass is 405 g/mol. The smallest absolute Gasteiger partial charge is 0.170 e. The van der Waals surface area contributed by atoms with E-state index in [0.29, 0.717) is 18.1 Å². The number of halogens is 2. The third kappa shape index (κ3) is 3.85. The Morgan fingerprint density at radius 1 is 1.04 bits per heavy atom. The Bertz CT molecular complexity index is 922. The highest BCUT2D eigenvalue weighted by atomic mass is 35.5. The molecule has 7 heteroatoms. The van der Waals surface area contributed by atoms with Crippen LogP contribution in [0.2, 0.25) is 9.36 Å². The van der Waals surface area contributed by atoms with Gasteiger partial charge in [0.25, 0.3) is 0 Å². The lowest BCUT2D eigenvalue weighted by atomic mass is 10.3. The number of nitrogens with zero attached hydrogens (tertiary/aromatic N) is 3. The largest absolute Gasteiger partial charge is 0.316 e. The summed E-state index contributed by atoms with van der Waals surface area (Å²) in [4.78, 5) is 12.6. The molecule has 3 aromatic rings. The molecule has 0 saturated heterocycles. The molecule has 0 fully saturated rings. The summed E-state index contributed by atoms with van der Waals surface area (Å²) in [5.74, 6) is 0. The third-order valence-corrected chi connectivity index (χ3v) is 6.30. The lowest BCUT2D eigenvalue weighted by Gasteiger charge is -2.27. The van der Waals surface area contributed by atoms with E-state index in [9.17, 15) is 0 Å². The number of anilines is 1. The molecule has 0 aliphatic carbocycles. The second kappa shape index (κ2) is 7.38. The molecular formula is C18H13Cl2N3S2. The highest BCUT2D eigenvalue weighted by Gasteiger charge is 2.22. The van der Waals surface area contributed by atoms with Crippen LogP contribution in [-0.4, -0.2) is 10.2 Å². The Hall–Kier alpha value is -1.53. The Balaban J connectivity index is 1.68. The van der Waals surface area contributed by atoms with Gasteiger partial charge in [-0.15, -0.1) is 11.3 Å². The van der Waals surface area contributed by atoms with Crippen LogP contribution in [0.25, 0.3) is 0 Å². The maximum absolute atomic E-state index is 6.10. The number of thioether (sulfide) groups is 1. The molecule has 0 atom stereocenters. The fourth-order valence-electron chi connectivity index (χ4n) is 2.53. The van der Waals surface area contributed by atoms with Gasteiger partial charge < -0.3 is 4.90 Å². The van der Waals surface area contributed by atoms with E-state index in [0.717, 1.165) is 25.8 Å². The molecule has 0 radical (unpaired) electrons. The van der Waals surface area contributed by atoms with Crippen LogP contribution in [0.4, 0.5) is 5.69 Å². The molecular weight excluding hydrogens is 393 g/mol. The lowest BCUT2D eigenvalue weighted by Crippen LogP contribution is -2.29. The minimum Gasteiger partial charge on any atom is -0.316 e. The summed E-state index contributed by atoms with van der Waals surface area (Å²) >= 11 is 15.3. The highest BCUT2D eigenvalue weighted by molar-refractivity contribution is 8.14. The van der Waals surface area contributed by atoms with Crippen LogP contribution in [0.15, 0.2) is 64.7 Å². The summed E-state index contributed by atoms with van der Waals surface area (Å²) in [5, 5.41) is 2.65. The van der Waals surface area contributed by atoms with Gasteiger partial charge in [0.15, 0.2) is 5.17 Å². The molecule has 3 heterocycles. The van der Waals surface area contributed by atoms with Crippen molar-refractivity contribution in [2.45, 2.75) is 18.1 Å². The van der Waals surface area contributed by atoms with Crippen molar-refractivity contribution < 1.29 is 0 Å². The predicted octanol–water partition coefficient (Wildman–Crippen LogP) is 6.12. The molecule has 126 valence electrons. The molecule has 25 heavy (non-hydrogen) atoms. The molecule has 1 aliphatic heterocycles. The second-order valence-electron chi connectivity index (χ2n) is 5.44. The van der Waals surface area contributed by atoms with Crippen molar-refractivity contribution in [2.75, 3.05) is 4.90 Å². The number of pyridine rings is 1. The molecule has 0 saturated carbocycles. The first kappa shape index (κ1) is 16.9. The SMILES string of the molecule is Clc1ccc(N(Cc2ccc(Cl)s2)C2=NCc3cccnc3S2)cc1. The van der Waals surface area contributed by atoms with Crippen LogP contribution in [-0.2, 0) is 13.1 Å². The summed E-state index contributed by atoms with van der Waals surface area (Å²) in [6.07, 6.45) is 1.82. The minimum absolute atomic E-state index is 0.640. The van der Waals surface area contributed by atoms with Gasteiger partial charge in [-0.25, -0.2) is 4.98 Å². The van der Waals surface area contributed by atoms with Crippen LogP contribution < -0.4 is 4.90 Å². The summed E-state index contributed by atoms with van der Waals surface area (Å²) in [5.41, 5.74) is 2.20. The molecule has 0 amide bonds. The summed E-state index contributed by atoms with van der Waals surface area (Å²) in [6, 6.07) is 15.8. The van der Waals surface area contributed by atoms with E-state index in [1.165, 1.54) is 4.88 Å². The van der Waals surface area contributed by atoms with Gasteiger partial charge in [0, 0.05) is 27.3 Å². The number of aromatic nitrogens is 1. The molecule has 0 spiro atoms. The highest BCUT2D eigenvalue weighted by Crippen LogP contribution is 2.33. The zero-order valence-electron chi connectivity index (χ0n) is 13.0. The van der Waals surface area contributed by atoms with E-state index < -0.39 is 0 Å². The van der Waals surface area contributed by atoms with Crippen LogP contribution in [0.5, 0.6) is 0 Å². The Labute approximate surface area is 164 Å². The summed E-state index contributed by atoms with van der Waals surface area (Å²) in [6.45, 7) is 1.34. The van der Waals surface area contributed by atoms with Crippen LogP contribution in [0.3, 0.4) is 0 Å². The second-order valence-corrected chi connectivity index (χ2v) is 8.63. The number of thiophene rings is 1. The van der Waals surface area contributed by atoms with Gasteiger partial charge in [0.05, 0.1) is 17.4 Å². The number of amidine groups is 1. The topological polar surface area (TPSA) is 28.5 Å². The van der Waals surface area contributed by atoms with Crippen molar-refractivity contribution in [1.82, 2.24) is 4.98 Å². The van der Waals surface area contributed by atoms with E-state index >= 15 is 0 Å². The molecule has 3 nitrogen and oxygen atoms in total. The van der Waals surface area contributed by atoms with Crippen molar-refractivity contribution in [1.29, 1.82) is 0 Å². The number of hydrogen-bond donors (Lipinski definition) is 0. The van der Waals surface area contributed by atoms with Crippen LogP contribution in [0.1, 0.15) is 10.4 Å². The molecule has 2 aromatic heterocycles. The first-order chi connectivity index (χ1) is 12.2. The van der Waals surface area contributed by atoms with E-state index in [1.54, 1.807) is 23.1 Å². The number of hydrogen-bond acceptors (Lipinski definition) is 5. The molecule has 4 rings (SSSR count). The maximum atomic E-state index is 6.10. The van der Waals surface area contributed by atoms with Crippen LogP contribution in [0, 0.1) is 0 Å². The lowest BCUT2D eigenvalue weighted by molar-refractivity contribution is 0.936.